The molecule has 0 amide bonds. The van der Waals surface area contributed by atoms with E-state index in [9.17, 15) is 0 Å². The lowest BCUT2D eigenvalue weighted by Gasteiger charge is -2.42. The Hall–Kier alpha value is -7.10. The van der Waals surface area contributed by atoms with Crippen molar-refractivity contribution >= 4 is 48.9 Å². The Labute approximate surface area is 346 Å². The van der Waals surface area contributed by atoms with Crippen LogP contribution >= 0.6 is 0 Å². The second-order valence-corrected chi connectivity index (χ2v) is 18.7. The highest BCUT2D eigenvalue weighted by Gasteiger charge is 2.48. The SMILES string of the molecule is CC1(C)c2cc3ccccc3cc2-c2cc3c4c5c(ncc4n4c6cnc7c(c6c(c21)c34)C1c2ccccc2C7c2ccccc21)C1c2ccccc2C5c2ccccc21. The molecule has 11 aromatic rings. The fourth-order valence-corrected chi connectivity index (χ4v) is 13.7. The number of rotatable bonds is 0. The van der Waals surface area contributed by atoms with Crippen LogP contribution in [0.15, 0.2) is 152 Å². The van der Waals surface area contributed by atoms with Crippen molar-refractivity contribution in [2.45, 2.75) is 42.9 Å². The van der Waals surface area contributed by atoms with Gasteiger partial charge in [-0.15, -0.1) is 0 Å². The zero-order chi connectivity index (χ0) is 38.9. The number of hydrogen-bond acceptors (Lipinski definition) is 2. The molecular formula is C57H35N3. The Morgan fingerprint density at radius 3 is 1.40 bits per heavy atom. The van der Waals surface area contributed by atoms with Crippen LogP contribution in [0.5, 0.6) is 0 Å². The second-order valence-electron chi connectivity index (χ2n) is 18.7. The van der Waals surface area contributed by atoms with Crippen molar-refractivity contribution in [3.05, 3.63) is 230 Å². The van der Waals surface area contributed by atoms with Gasteiger partial charge in [-0.1, -0.05) is 135 Å². The molecule has 0 fully saturated rings. The lowest BCUT2D eigenvalue weighted by molar-refractivity contribution is 0.667. The lowest BCUT2D eigenvalue weighted by Crippen LogP contribution is -2.29. The van der Waals surface area contributed by atoms with Gasteiger partial charge in [-0.25, -0.2) is 0 Å². The highest BCUT2D eigenvalue weighted by molar-refractivity contribution is 6.28. The van der Waals surface area contributed by atoms with Crippen LogP contribution in [0.25, 0.3) is 60.0 Å². The molecule has 3 heteroatoms. The van der Waals surface area contributed by atoms with Crippen molar-refractivity contribution in [1.29, 1.82) is 0 Å². The van der Waals surface area contributed by atoms with Gasteiger partial charge in [-0.3, -0.25) is 9.97 Å². The van der Waals surface area contributed by atoms with Gasteiger partial charge in [0.25, 0.3) is 0 Å². The number of nitrogens with zero attached hydrogens (tertiary/aromatic N) is 3. The molecule has 4 bridgehead atoms. The van der Waals surface area contributed by atoms with Crippen LogP contribution in [0.2, 0.25) is 0 Å². The molecule has 0 unspecified atom stereocenters. The molecule has 7 aromatic carbocycles. The predicted molar refractivity (Wildman–Crippen MR) is 241 cm³/mol. The fraction of sp³-hybridized carbons (Fsp3) is 0.123. The van der Waals surface area contributed by atoms with Crippen LogP contribution in [0.3, 0.4) is 0 Å². The molecule has 3 nitrogen and oxygen atoms in total. The molecule has 60 heavy (non-hydrogen) atoms. The van der Waals surface area contributed by atoms with E-state index in [1.54, 1.807) is 0 Å². The van der Waals surface area contributed by atoms with Gasteiger partial charge in [-0.2, -0.15) is 0 Å². The average molecular weight is 762 g/mol. The molecule has 0 saturated carbocycles. The minimum atomic E-state index is -0.241. The van der Waals surface area contributed by atoms with Crippen LogP contribution in [-0.2, 0) is 5.41 Å². The standard InChI is InChI=1S/C57H35N3/c1-57(2)41-24-29-14-4-3-13-28(29)23-38(41)39-25-40-48-42(26-58-54-46-34-19-9-5-15-30(34)44(50(48)54)31-16-6-10-20-35(31)46)60-43-27-59-55-47-36-21-11-7-17-32(36)45(33-18-8-12-22-37(33)47)51(55)49(43)52(53(39)57)56(40)60/h3-27,44-47H,1-2H3. The Kier molecular flexibility index (Phi) is 5.16. The van der Waals surface area contributed by atoms with E-state index in [0.717, 1.165) is 0 Å². The molecule has 18 rings (SSSR count). The molecule has 278 valence electrons. The zero-order valence-electron chi connectivity index (χ0n) is 33.1. The van der Waals surface area contributed by atoms with E-state index in [4.69, 9.17) is 9.97 Å². The molecule has 7 aliphatic carbocycles. The average Bonchev–Trinajstić information content (AvgIpc) is 3.90. The van der Waals surface area contributed by atoms with Crippen LogP contribution in [0, 0.1) is 0 Å². The van der Waals surface area contributed by atoms with Crippen molar-refractivity contribution in [3.63, 3.8) is 0 Å². The summed E-state index contributed by atoms with van der Waals surface area (Å²) >= 11 is 0. The summed E-state index contributed by atoms with van der Waals surface area (Å²) in [4.78, 5) is 11.1. The van der Waals surface area contributed by atoms with Crippen LogP contribution < -0.4 is 0 Å². The third-order valence-corrected chi connectivity index (χ3v) is 15.9. The first-order valence-corrected chi connectivity index (χ1v) is 21.5. The Morgan fingerprint density at radius 2 is 0.883 bits per heavy atom. The zero-order valence-corrected chi connectivity index (χ0v) is 33.1. The van der Waals surface area contributed by atoms with Gasteiger partial charge in [-0.05, 0) is 107 Å². The van der Waals surface area contributed by atoms with Gasteiger partial charge < -0.3 is 4.40 Å². The topological polar surface area (TPSA) is 30.2 Å². The van der Waals surface area contributed by atoms with E-state index >= 15 is 0 Å². The molecular weight excluding hydrogens is 727 g/mol. The molecule has 0 aliphatic heterocycles. The molecule has 0 N–H and O–H groups in total. The molecule has 0 spiro atoms. The third-order valence-electron chi connectivity index (χ3n) is 15.9. The van der Waals surface area contributed by atoms with Gasteiger partial charge in [0.15, 0.2) is 0 Å². The third kappa shape index (κ3) is 3.24. The van der Waals surface area contributed by atoms with Gasteiger partial charge >= 0.3 is 0 Å². The number of hydrogen-bond donors (Lipinski definition) is 0. The second kappa shape index (κ2) is 10.0. The summed E-state index contributed by atoms with van der Waals surface area (Å²) in [6.07, 6.45) is 4.44. The van der Waals surface area contributed by atoms with E-state index < -0.39 is 0 Å². The fourth-order valence-electron chi connectivity index (χ4n) is 13.7. The van der Waals surface area contributed by atoms with Crippen molar-refractivity contribution in [3.8, 4) is 11.1 Å². The predicted octanol–water partition coefficient (Wildman–Crippen LogP) is 13.1. The summed E-state index contributed by atoms with van der Waals surface area (Å²) in [7, 11) is 0. The largest absolute Gasteiger partial charge is 0.305 e. The maximum Gasteiger partial charge on any atom is 0.0729 e. The number of fused-ring (bicyclic) bond motifs is 11. The van der Waals surface area contributed by atoms with Crippen LogP contribution in [-0.4, -0.2) is 14.4 Å². The van der Waals surface area contributed by atoms with E-state index in [0.29, 0.717) is 0 Å². The van der Waals surface area contributed by atoms with Gasteiger partial charge in [0.05, 0.1) is 52.2 Å². The maximum absolute atomic E-state index is 5.58. The summed E-state index contributed by atoms with van der Waals surface area (Å²) in [5.41, 5.74) is 25.6. The van der Waals surface area contributed by atoms with Crippen LogP contribution in [0.1, 0.15) is 116 Å². The minimum Gasteiger partial charge on any atom is -0.305 e. The van der Waals surface area contributed by atoms with Crippen LogP contribution in [0.4, 0.5) is 0 Å². The summed E-state index contributed by atoms with van der Waals surface area (Å²) in [6.45, 7) is 4.95. The number of aromatic nitrogens is 3. The Morgan fingerprint density at radius 1 is 0.450 bits per heavy atom. The number of benzene rings is 7. The number of pyridine rings is 2. The molecule has 4 heterocycles. The molecule has 4 aromatic heterocycles. The first kappa shape index (κ1) is 30.9. The minimum absolute atomic E-state index is 0.103. The molecule has 7 aliphatic rings. The van der Waals surface area contributed by atoms with Gasteiger partial charge in [0.1, 0.15) is 0 Å². The highest BCUT2D eigenvalue weighted by Crippen LogP contribution is 2.63. The lowest BCUT2D eigenvalue weighted by atomic mass is 9.61. The van der Waals surface area contributed by atoms with E-state index in [2.05, 4.69) is 170 Å². The van der Waals surface area contributed by atoms with Crippen molar-refractivity contribution in [1.82, 2.24) is 14.4 Å². The summed E-state index contributed by atoms with van der Waals surface area (Å²) in [5, 5.41) is 8.05. The molecule has 0 saturated heterocycles. The summed E-state index contributed by atoms with van der Waals surface area (Å²) < 4.78 is 2.59. The maximum atomic E-state index is 5.58. The Balaban J connectivity index is 1.12. The van der Waals surface area contributed by atoms with Crippen molar-refractivity contribution in [2.24, 2.45) is 0 Å². The van der Waals surface area contributed by atoms with E-state index in [1.165, 1.54) is 138 Å². The van der Waals surface area contributed by atoms with Crippen molar-refractivity contribution < 1.29 is 0 Å². The molecule has 0 atom stereocenters. The van der Waals surface area contributed by atoms with E-state index in [1.807, 2.05) is 0 Å². The smallest absolute Gasteiger partial charge is 0.0729 e. The van der Waals surface area contributed by atoms with E-state index in [-0.39, 0.29) is 29.1 Å². The van der Waals surface area contributed by atoms with Gasteiger partial charge in [0.2, 0.25) is 0 Å². The molecule has 0 radical (unpaired) electrons. The normalized spacial score (nSPS) is 20.3. The summed E-state index contributed by atoms with van der Waals surface area (Å²) in [6, 6.07) is 53.1. The monoisotopic (exact) mass is 761 g/mol. The highest BCUT2D eigenvalue weighted by atomic mass is 15.0. The first-order chi connectivity index (χ1) is 29.6. The van der Waals surface area contributed by atoms with Gasteiger partial charge in [0, 0.05) is 38.8 Å². The first-order valence-electron chi connectivity index (χ1n) is 21.5. The Bertz CT molecular complexity index is 3750. The quantitative estimate of drug-likeness (QED) is 0.154. The van der Waals surface area contributed by atoms with Crippen molar-refractivity contribution in [2.75, 3.05) is 0 Å². The summed E-state index contributed by atoms with van der Waals surface area (Å²) in [5.74, 6) is 0.429.